The van der Waals surface area contributed by atoms with Crippen LogP contribution in [0.5, 0.6) is 0 Å². The van der Waals surface area contributed by atoms with Crippen molar-refractivity contribution in [3.05, 3.63) is 48.0 Å². The van der Waals surface area contributed by atoms with Crippen molar-refractivity contribution in [3.63, 3.8) is 0 Å². The second-order valence-electron chi connectivity index (χ2n) is 6.65. The molecule has 1 unspecified atom stereocenters. The van der Waals surface area contributed by atoms with Gasteiger partial charge in [-0.25, -0.2) is 0 Å². The van der Waals surface area contributed by atoms with Crippen LogP contribution in [0.2, 0.25) is 0 Å². The fourth-order valence-electron chi connectivity index (χ4n) is 3.19. The number of fused-ring (bicyclic) bond motifs is 1. The first-order chi connectivity index (χ1) is 12.9. The number of benzene rings is 2. The number of ether oxygens (including phenoxy) is 2. The SMILES string of the molecule is CN=C(NCCCOCC1CCOC1)NCc1cccc2ccccc12. The molecule has 140 valence electrons. The predicted octanol–water partition coefficient (Wildman–Crippen LogP) is 2.95. The Bertz CT molecular complexity index is 706. The van der Waals surface area contributed by atoms with Gasteiger partial charge in [0.25, 0.3) is 0 Å². The Morgan fingerprint density at radius 1 is 1.19 bits per heavy atom. The van der Waals surface area contributed by atoms with Gasteiger partial charge in [-0.15, -0.1) is 0 Å². The molecule has 0 spiro atoms. The summed E-state index contributed by atoms with van der Waals surface area (Å²) in [6.07, 6.45) is 2.09. The van der Waals surface area contributed by atoms with Gasteiger partial charge in [0.05, 0.1) is 13.2 Å². The van der Waals surface area contributed by atoms with Crippen molar-refractivity contribution in [2.45, 2.75) is 19.4 Å². The number of aliphatic imine (C=N–C) groups is 1. The van der Waals surface area contributed by atoms with E-state index in [1.54, 1.807) is 7.05 Å². The minimum absolute atomic E-state index is 0.582. The molecule has 1 atom stereocenters. The van der Waals surface area contributed by atoms with Gasteiger partial charge in [0.1, 0.15) is 0 Å². The molecule has 26 heavy (non-hydrogen) atoms. The van der Waals surface area contributed by atoms with E-state index in [2.05, 4.69) is 58.1 Å². The molecule has 0 saturated carbocycles. The molecular formula is C21H29N3O2. The molecule has 1 saturated heterocycles. The third-order valence-corrected chi connectivity index (χ3v) is 4.69. The van der Waals surface area contributed by atoms with Crippen LogP contribution in [0.25, 0.3) is 10.8 Å². The van der Waals surface area contributed by atoms with Crippen LogP contribution in [0.4, 0.5) is 0 Å². The zero-order valence-corrected chi connectivity index (χ0v) is 15.5. The van der Waals surface area contributed by atoms with E-state index in [1.807, 2.05) is 0 Å². The maximum Gasteiger partial charge on any atom is 0.191 e. The largest absolute Gasteiger partial charge is 0.381 e. The predicted molar refractivity (Wildman–Crippen MR) is 107 cm³/mol. The number of rotatable bonds is 8. The minimum atomic E-state index is 0.582. The van der Waals surface area contributed by atoms with Gasteiger partial charge in [-0.2, -0.15) is 0 Å². The smallest absolute Gasteiger partial charge is 0.191 e. The Labute approximate surface area is 155 Å². The minimum Gasteiger partial charge on any atom is -0.381 e. The first-order valence-corrected chi connectivity index (χ1v) is 9.43. The highest BCUT2D eigenvalue weighted by atomic mass is 16.5. The summed E-state index contributed by atoms with van der Waals surface area (Å²) >= 11 is 0. The molecule has 0 amide bonds. The molecule has 1 aliphatic rings. The van der Waals surface area contributed by atoms with E-state index >= 15 is 0 Å². The monoisotopic (exact) mass is 355 g/mol. The number of nitrogens with one attached hydrogen (secondary N) is 2. The Kier molecular flexibility index (Phi) is 7.28. The van der Waals surface area contributed by atoms with E-state index in [0.717, 1.165) is 58.3 Å². The Morgan fingerprint density at radius 3 is 2.92 bits per heavy atom. The normalized spacial score (nSPS) is 17.6. The summed E-state index contributed by atoms with van der Waals surface area (Å²) in [7, 11) is 1.80. The molecular weight excluding hydrogens is 326 g/mol. The maximum absolute atomic E-state index is 5.73. The molecule has 5 nitrogen and oxygen atoms in total. The van der Waals surface area contributed by atoms with Crippen LogP contribution < -0.4 is 10.6 Å². The molecule has 2 aromatic rings. The third kappa shape index (κ3) is 5.44. The zero-order valence-electron chi connectivity index (χ0n) is 15.5. The quantitative estimate of drug-likeness (QED) is 0.434. The lowest BCUT2D eigenvalue weighted by Crippen LogP contribution is -2.37. The molecule has 2 N–H and O–H groups in total. The standard InChI is InChI=1S/C21H29N3O2/c1-22-21(23-11-5-12-25-15-17-10-13-26-16-17)24-14-19-8-4-7-18-6-2-3-9-20(18)19/h2-4,6-9,17H,5,10-16H2,1H3,(H2,22,23,24). The van der Waals surface area contributed by atoms with Gasteiger partial charge < -0.3 is 20.1 Å². The number of nitrogens with zero attached hydrogens (tertiary/aromatic N) is 1. The molecule has 1 heterocycles. The van der Waals surface area contributed by atoms with Crippen LogP contribution in [0.1, 0.15) is 18.4 Å². The van der Waals surface area contributed by atoms with Crippen molar-refractivity contribution in [1.82, 2.24) is 10.6 Å². The number of hydrogen-bond donors (Lipinski definition) is 2. The van der Waals surface area contributed by atoms with Crippen LogP contribution in [0, 0.1) is 5.92 Å². The van der Waals surface area contributed by atoms with Crippen molar-refractivity contribution in [3.8, 4) is 0 Å². The summed E-state index contributed by atoms with van der Waals surface area (Å²) in [5, 5.41) is 9.29. The van der Waals surface area contributed by atoms with Crippen molar-refractivity contribution < 1.29 is 9.47 Å². The van der Waals surface area contributed by atoms with Gasteiger partial charge in [0, 0.05) is 39.3 Å². The molecule has 1 aliphatic heterocycles. The van der Waals surface area contributed by atoms with Gasteiger partial charge in [0.15, 0.2) is 5.96 Å². The van der Waals surface area contributed by atoms with Crippen LogP contribution in [-0.2, 0) is 16.0 Å². The third-order valence-electron chi connectivity index (χ3n) is 4.69. The summed E-state index contributed by atoms with van der Waals surface area (Å²) in [4.78, 5) is 4.30. The highest BCUT2D eigenvalue weighted by Crippen LogP contribution is 2.18. The second kappa shape index (κ2) is 10.1. The molecule has 3 rings (SSSR count). The van der Waals surface area contributed by atoms with Gasteiger partial charge >= 0.3 is 0 Å². The Hall–Kier alpha value is -2.11. The van der Waals surface area contributed by atoms with Gasteiger partial charge in [-0.05, 0) is 29.2 Å². The number of guanidine groups is 1. The Morgan fingerprint density at radius 2 is 2.08 bits per heavy atom. The maximum atomic E-state index is 5.73. The van der Waals surface area contributed by atoms with Gasteiger partial charge in [-0.3, -0.25) is 4.99 Å². The van der Waals surface area contributed by atoms with Crippen molar-refractivity contribution in [1.29, 1.82) is 0 Å². The molecule has 5 heteroatoms. The lowest BCUT2D eigenvalue weighted by molar-refractivity contribution is 0.0888. The van der Waals surface area contributed by atoms with E-state index in [4.69, 9.17) is 9.47 Å². The molecule has 2 aromatic carbocycles. The van der Waals surface area contributed by atoms with E-state index in [0.29, 0.717) is 5.92 Å². The average Bonchev–Trinajstić information content (AvgIpc) is 3.20. The highest BCUT2D eigenvalue weighted by molar-refractivity contribution is 5.86. The molecule has 0 radical (unpaired) electrons. The molecule has 0 aromatic heterocycles. The first-order valence-electron chi connectivity index (χ1n) is 9.43. The van der Waals surface area contributed by atoms with Crippen molar-refractivity contribution in [2.24, 2.45) is 10.9 Å². The van der Waals surface area contributed by atoms with Crippen LogP contribution in [0.15, 0.2) is 47.5 Å². The highest BCUT2D eigenvalue weighted by Gasteiger charge is 2.15. The first kappa shape index (κ1) is 18.7. The van der Waals surface area contributed by atoms with E-state index in [9.17, 15) is 0 Å². The van der Waals surface area contributed by atoms with Crippen LogP contribution >= 0.6 is 0 Å². The lowest BCUT2D eigenvalue weighted by atomic mass is 10.0. The topological polar surface area (TPSA) is 54.9 Å². The summed E-state index contributed by atoms with van der Waals surface area (Å²) in [5.74, 6) is 1.40. The molecule has 0 bridgehead atoms. The van der Waals surface area contributed by atoms with Gasteiger partial charge in [0.2, 0.25) is 0 Å². The van der Waals surface area contributed by atoms with Crippen LogP contribution in [-0.4, -0.2) is 46.0 Å². The zero-order chi connectivity index (χ0) is 18.0. The summed E-state index contributed by atoms with van der Waals surface area (Å²) in [6, 6.07) is 14.9. The van der Waals surface area contributed by atoms with E-state index in [1.165, 1.54) is 16.3 Å². The lowest BCUT2D eigenvalue weighted by Gasteiger charge is -2.13. The fraction of sp³-hybridized carbons (Fsp3) is 0.476. The van der Waals surface area contributed by atoms with Crippen LogP contribution in [0.3, 0.4) is 0 Å². The van der Waals surface area contributed by atoms with Crippen molar-refractivity contribution in [2.75, 3.05) is 40.0 Å². The number of hydrogen-bond acceptors (Lipinski definition) is 3. The molecule has 0 aliphatic carbocycles. The van der Waals surface area contributed by atoms with E-state index in [-0.39, 0.29) is 0 Å². The molecule has 1 fully saturated rings. The van der Waals surface area contributed by atoms with Gasteiger partial charge in [-0.1, -0.05) is 42.5 Å². The second-order valence-corrected chi connectivity index (χ2v) is 6.65. The fourth-order valence-corrected chi connectivity index (χ4v) is 3.19. The Balaban J connectivity index is 1.36. The summed E-state index contributed by atoms with van der Waals surface area (Å²) in [6.45, 7) is 4.91. The summed E-state index contributed by atoms with van der Waals surface area (Å²) < 4.78 is 11.1. The van der Waals surface area contributed by atoms with Crippen molar-refractivity contribution >= 4 is 16.7 Å². The average molecular weight is 355 g/mol. The van der Waals surface area contributed by atoms with E-state index < -0.39 is 0 Å². The summed E-state index contributed by atoms with van der Waals surface area (Å²) in [5.41, 5.74) is 1.27.